The molecule has 0 saturated carbocycles. The first-order valence-electron chi connectivity index (χ1n) is 1.58. The minimum atomic E-state index is -1.21. The van der Waals surface area contributed by atoms with E-state index in [0.717, 1.165) is 0 Å². The van der Waals surface area contributed by atoms with Crippen LogP contribution in [0.2, 0.25) is 0 Å². The Bertz CT molecular complexity index is 55.2. The monoisotopic (exact) mass is 214 g/mol. The second kappa shape index (κ2) is 10.2. The molecule has 0 rings (SSSR count). The van der Waals surface area contributed by atoms with E-state index >= 15 is 0 Å². The van der Waals surface area contributed by atoms with E-state index in [1.54, 1.807) is 0 Å². The number of hydrogen-bond donors (Lipinski definition) is 1. The maximum absolute atomic E-state index is 9.33. The number of aliphatic hydroxyl groups excluding tert-OH is 1. The average molecular weight is 215 g/mol. The van der Waals surface area contributed by atoms with Gasteiger partial charge in [0.1, 0.15) is 0 Å². The van der Waals surface area contributed by atoms with Crippen LogP contribution in [0.4, 0.5) is 0 Å². The van der Waals surface area contributed by atoms with Crippen LogP contribution < -0.4 is 5.11 Å². The molecule has 0 atom stereocenters. The zero-order chi connectivity index (χ0) is 4.99. The Kier molecular flexibility index (Phi) is 20.0. The molecule has 3 N–H and O–H groups in total. The third kappa shape index (κ3) is 16.5. The van der Waals surface area contributed by atoms with Crippen molar-refractivity contribution >= 4 is 5.97 Å². The predicted octanol–water partition coefficient (Wildman–Crippen LogP) is -2.71. The van der Waals surface area contributed by atoms with Crippen molar-refractivity contribution in [1.29, 1.82) is 0 Å². The van der Waals surface area contributed by atoms with Crippen molar-refractivity contribution in [1.82, 2.24) is 0 Å². The number of aliphatic carboxylic acids is 1. The number of rotatable bonds is 2. The summed E-state index contributed by atoms with van der Waals surface area (Å²) in [6.07, 6.45) is -0.264. The van der Waals surface area contributed by atoms with Gasteiger partial charge in [-0.25, -0.2) is 0 Å². The Balaban J connectivity index is -0.000000125. The molecule has 0 aliphatic heterocycles. The molecule has 5 heteroatoms. The van der Waals surface area contributed by atoms with Crippen LogP contribution in [0.25, 0.3) is 0 Å². The van der Waals surface area contributed by atoms with E-state index < -0.39 is 5.97 Å². The summed E-state index contributed by atoms with van der Waals surface area (Å²) in [6, 6.07) is 0. The van der Waals surface area contributed by atoms with Gasteiger partial charge in [-0.15, -0.1) is 0 Å². The molecule has 0 aromatic heterocycles. The van der Waals surface area contributed by atoms with Gasteiger partial charge in [0.25, 0.3) is 0 Å². The molecule has 0 aromatic carbocycles. The molecule has 54 valence electrons. The van der Waals surface area contributed by atoms with Crippen molar-refractivity contribution in [3.63, 3.8) is 0 Å². The Morgan fingerprint density at radius 1 is 1.62 bits per heavy atom. The summed E-state index contributed by atoms with van der Waals surface area (Å²) < 4.78 is 0. The molecule has 0 aromatic rings. The van der Waals surface area contributed by atoms with Crippen LogP contribution in [-0.4, -0.2) is 23.2 Å². The van der Waals surface area contributed by atoms with Gasteiger partial charge >= 0.3 is 22.4 Å². The quantitative estimate of drug-likeness (QED) is 0.507. The molecule has 0 heterocycles. The molecule has 0 amide bonds. The van der Waals surface area contributed by atoms with Crippen LogP contribution in [0.5, 0.6) is 0 Å². The molecule has 0 saturated heterocycles. The molecule has 0 fully saturated rings. The van der Waals surface area contributed by atoms with Crippen LogP contribution in [-0.2, 0) is 27.2 Å². The van der Waals surface area contributed by atoms with Gasteiger partial charge in [-0.05, 0) is 0 Å². The van der Waals surface area contributed by atoms with Gasteiger partial charge in [0.15, 0.2) is 0 Å². The van der Waals surface area contributed by atoms with Crippen LogP contribution >= 0.6 is 0 Å². The first-order valence-corrected chi connectivity index (χ1v) is 1.58. The van der Waals surface area contributed by atoms with Gasteiger partial charge in [-0.1, -0.05) is 0 Å². The van der Waals surface area contributed by atoms with Crippen molar-refractivity contribution < 1.29 is 42.9 Å². The van der Waals surface area contributed by atoms with E-state index in [-0.39, 0.29) is 40.9 Å². The minimum Gasteiger partial charge on any atom is -0.550 e. The molecule has 0 unspecified atom stereocenters. The van der Waals surface area contributed by atoms with E-state index in [1.165, 1.54) is 0 Å². The van der Waals surface area contributed by atoms with Crippen molar-refractivity contribution in [2.75, 3.05) is 6.61 Å². The Hall–Kier alpha value is 0.130. The van der Waals surface area contributed by atoms with Crippen LogP contribution in [0.15, 0.2) is 0 Å². The summed E-state index contributed by atoms with van der Waals surface area (Å²) in [5, 5.41) is 17.1. The zero-order valence-corrected chi connectivity index (χ0v) is 5.46. The molecule has 0 aliphatic rings. The molecular formula is C3H7AgO4. The topological polar surface area (TPSA) is 91.9 Å². The largest absolute Gasteiger partial charge is 1.00 e. The zero-order valence-electron chi connectivity index (χ0n) is 3.98. The van der Waals surface area contributed by atoms with Crippen molar-refractivity contribution in [3.8, 4) is 0 Å². The van der Waals surface area contributed by atoms with Crippen LogP contribution in [0, 0.1) is 0 Å². The van der Waals surface area contributed by atoms with E-state index in [0.29, 0.717) is 0 Å². The molecule has 8 heavy (non-hydrogen) atoms. The number of carboxylic acids is 1. The van der Waals surface area contributed by atoms with Gasteiger partial charge < -0.3 is 20.5 Å². The number of aliphatic hydroxyl groups is 1. The third-order valence-corrected chi connectivity index (χ3v) is 0.316. The maximum Gasteiger partial charge on any atom is 1.00 e. The first kappa shape index (κ1) is 15.7. The summed E-state index contributed by atoms with van der Waals surface area (Å²) >= 11 is 0. The summed E-state index contributed by atoms with van der Waals surface area (Å²) in [7, 11) is 0. The summed E-state index contributed by atoms with van der Waals surface area (Å²) in [4.78, 5) is 9.33. The summed E-state index contributed by atoms with van der Waals surface area (Å²) in [5.74, 6) is -1.21. The van der Waals surface area contributed by atoms with Crippen molar-refractivity contribution in [2.45, 2.75) is 6.42 Å². The fraction of sp³-hybridized carbons (Fsp3) is 0.667. The molecule has 0 aliphatic carbocycles. The first-order chi connectivity index (χ1) is 2.77. The second-order valence-electron chi connectivity index (χ2n) is 0.846. The minimum absolute atomic E-state index is 0. The average Bonchev–Trinajstić information content (AvgIpc) is 1.35. The molecule has 0 spiro atoms. The normalized spacial score (nSPS) is 6.12. The Labute approximate surface area is 62.3 Å². The van der Waals surface area contributed by atoms with Gasteiger partial charge in [0, 0.05) is 19.0 Å². The van der Waals surface area contributed by atoms with Crippen molar-refractivity contribution in [2.24, 2.45) is 0 Å². The fourth-order valence-electron chi connectivity index (χ4n) is 0.0913. The molecular weight excluding hydrogens is 208 g/mol. The number of hydrogen-bond acceptors (Lipinski definition) is 3. The van der Waals surface area contributed by atoms with Crippen LogP contribution in [0.1, 0.15) is 6.42 Å². The standard InChI is InChI=1S/C3H6O3.Ag.H2O/c4-2-1-3(5)6;;/h4H,1-2H2,(H,5,6);;1H2/q;+1;/p-1. The van der Waals surface area contributed by atoms with E-state index in [9.17, 15) is 9.90 Å². The molecule has 4 nitrogen and oxygen atoms in total. The number of carbonyl (C=O) groups is 1. The van der Waals surface area contributed by atoms with Gasteiger partial charge in [0.05, 0.1) is 0 Å². The SMILES string of the molecule is O.O=C([O-])CCO.[Ag+]. The predicted molar refractivity (Wildman–Crippen MR) is 20.3 cm³/mol. The molecule has 0 radical (unpaired) electrons. The van der Waals surface area contributed by atoms with E-state index in [1.807, 2.05) is 0 Å². The number of carboxylic acid groups (broad SMARTS) is 1. The fourth-order valence-corrected chi connectivity index (χ4v) is 0.0913. The van der Waals surface area contributed by atoms with Crippen molar-refractivity contribution in [3.05, 3.63) is 0 Å². The summed E-state index contributed by atoms with van der Waals surface area (Å²) in [5.41, 5.74) is 0. The second-order valence-corrected chi connectivity index (χ2v) is 0.846. The molecule has 0 bridgehead atoms. The van der Waals surface area contributed by atoms with E-state index in [4.69, 9.17) is 5.11 Å². The van der Waals surface area contributed by atoms with E-state index in [2.05, 4.69) is 0 Å². The maximum atomic E-state index is 9.33. The van der Waals surface area contributed by atoms with Gasteiger partial charge in [0.2, 0.25) is 0 Å². The Morgan fingerprint density at radius 3 is 2.00 bits per heavy atom. The van der Waals surface area contributed by atoms with Gasteiger partial charge in [-0.3, -0.25) is 0 Å². The number of carbonyl (C=O) groups excluding carboxylic acids is 1. The van der Waals surface area contributed by atoms with Gasteiger partial charge in [-0.2, -0.15) is 0 Å². The smallest absolute Gasteiger partial charge is 0.550 e. The van der Waals surface area contributed by atoms with Crippen LogP contribution in [0.3, 0.4) is 0 Å². The summed E-state index contributed by atoms with van der Waals surface area (Å²) in [6.45, 7) is -0.331. The third-order valence-electron chi connectivity index (χ3n) is 0.316. The Morgan fingerprint density at radius 2 is 2.00 bits per heavy atom.